The minimum absolute atomic E-state index is 0.299. The van der Waals surface area contributed by atoms with E-state index in [0.717, 1.165) is 11.1 Å². The summed E-state index contributed by atoms with van der Waals surface area (Å²) in [5.41, 5.74) is 14.8. The van der Waals surface area contributed by atoms with E-state index in [1.54, 1.807) is 36.4 Å². The standard InChI is InChI=1S/C17H18N2O4/c1-22-16(20)12-7-3-5-10(14(12)18)9-11-6-4-8-13(15(11)19)17(21)23-2/h3-8H,9,18-19H2,1-2H3. The lowest BCUT2D eigenvalue weighted by atomic mass is 9.97. The summed E-state index contributed by atoms with van der Waals surface area (Å²) < 4.78 is 9.41. The maximum Gasteiger partial charge on any atom is 0.339 e. The van der Waals surface area contributed by atoms with Gasteiger partial charge in [-0.3, -0.25) is 0 Å². The molecule has 6 nitrogen and oxygen atoms in total. The molecule has 0 radical (unpaired) electrons. The van der Waals surface area contributed by atoms with Crippen LogP contribution in [0.4, 0.5) is 11.4 Å². The first kappa shape index (κ1) is 16.4. The van der Waals surface area contributed by atoms with Crippen LogP contribution in [-0.4, -0.2) is 26.2 Å². The molecule has 0 amide bonds. The van der Waals surface area contributed by atoms with Crippen LogP contribution < -0.4 is 11.5 Å². The fourth-order valence-electron chi connectivity index (χ4n) is 2.32. The lowest BCUT2D eigenvalue weighted by Crippen LogP contribution is -2.10. The number of rotatable bonds is 4. The summed E-state index contributed by atoms with van der Waals surface area (Å²) in [6.45, 7) is 0. The summed E-state index contributed by atoms with van der Waals surface area (Å²) in [6.07, 6.45) is 0.382. The molecule has 120 valence electrons. The van der Waals surface area contributed by atoms with Crippen LogP contribution in [0.3, 0.4) is 0 Å². The Hall–Kier alpha value is -3.02. The molecule has 2 rings (SSSR count). The van der Waals surface area contributed by atoms with E-state index in [4.69, 9.17) is 20.9 Å². The average Bonchev–Trinajstić information content (AvgIpc) is 2.57. The van der Waals surface area contributed by atoms with E-state index >= 15 is 0 Å². The van der Waals surface area contributed by atoms with Crippen molar-refractivity contribution in [3.8, 4) is 0 Å². The molecule has 0 saturated carbocycles. The van der Waals surface area contributed by atoms with E-state index in [1.165, 1.54) is 14.2 Å². The molecule has 0 atom stereocenters. The molecular formula is C17H18N2O4. The highest BCUT2D eigenvalue weighted by molar-refractivity contribution is 5.97. The molecule has 0 heterocycles. The molecule has 2 aromatic carbocycles. The number of carbonyl (C=O) groups excluding carboxylic acids is 2. The number of hydrogen-bond donors (Lipinski definition) is 2. The molecular weight excluding hydrogens is 296 g/mol. The molecule has 0 saturated heterocycles. The van der Waals surface area contributed by atoms with Crippen molar-refractivity contribution in [2.24, 2.45) is 0 Å². The monoisotopic (exact) mass is 314 g/mol. The van der Waals surface area contributed by atoms with Gasteiger partial charge in [0, 0.05) is 17.8 Å². The number of methoxy groups -OCH3 is 2. The van der Waals surface area contributed by atoms with Gasteiger partial charge < -0.3 is 20.9 Å². The number of benzene rings is 2. The van der Waals surface area contributed by atoms with Gasteiger partial charge in [0.05, 0.1) is 25.3 Å². The largest absolute Gasteiger partial charge is 0.465 e. The molecule has 6 heteroatoms. The van der Waals surface area contributed by atoms with Crippen LogP contribution in [0.2, 0.25) is 0 Å². The first-order chi connectivity index (χ1) is 11.0. The fraction of sp³-hybridized carbons (Fsp3) is 0.176. The van der Waals surface area contributed by atoms with Gasteiger partial charge in [0.1, 0.15) is 0 Å². The molecule has 4 N–H and O–H groups in total. The highest BCUT2D eigenvalue weighted by Gasteiger charge is 2.16. The van der Waals surface area contributed by atoms with Crippen LogP contribution in [0.25, 0.3) is 0 Å². The van der Waals surface area contributed by atoms with E-state index in [2.05, 4.69) is 0 Å². The number of ether oxygens (including phenoxy) is 2. The highest BCUT2D eigenvalue weighted by atomic mass is 16.5. The lowest BCUT2D eigenvalue weighted by molar-refractivity contribution is 0.0593. The van der Waals surface area contributed by atoms with Crippen molar-refractivity contribution in [1.29, 1.82) is 0 Å². The zero-order valence-corrected chi connectivity index (χ0v) is 13.0. The fourth-order valence-corrected chi connectivity index (χ4v) is 2.32. The molecule has 0 bridgehead atoms. The molecule has 0 aliphatic heterocycles. The van der Waals surface area contributed by atoms with Crippen molar-refractivity contribution < 1.29 is 19.1 Å². The summed E-state index contributed by atoms with van der Waals surface area (Å²) in [4.78, 5) is 23.4. The van der Waals surface area contributed by atoms with E-state index in [9.17, 15) is 9.59 Å². The molecule has 0 aromatic heterocycles. The van der Waals surface area contributed by atoms with Crippen LogP contribution in [0.15, 0.2) is 36.4 Å². The quantitative estimate of drug-likeness (QED) is 0.661. The van der Waals surface area contributed by atoms with Crippen LogP contribution in [0.1, 0.15) is 31.8 Å². The number of para-hydroxylation sites is 2. The van der Waals surface area contributed by atoms with E-state index in [1.807, 2.05) is 0 Å². The number of hydrogen-bond acceptors (Lipinski definition) is 6. The smallest absolute Gasteiger partial charge is 0.339 e. The number of carbonyl (C=O) groups is 2. The Balaban J connectivity index is 2.41. The molecule has 0 spiro atoms. The Morgan fingerprint density at radius 1 is 0.826 bits per heavy atom. The van der Waals surface area contributed by atoms with Crippen molar-refractivity contribution in [3.05, 3.63) is 58.7 Å². The SMILES string of the molecule is COC(=O)c1cccc(Cc2cccc(C(=O)OC)c2N)c1N. The van der Waals surface area contributed by atoms with Crippen molar-refractivity contribution >= 4 is 23.3 Å². The Morgan fingerprint density at radius 2 is 1.22 bits per heavy atom. The first-order valence-electron chi connectivity index (χ1n) is 6.91. The first-order valence-corrected chi connectivity index (χ1v) is 6.91. The van der Waals surface area contributed by atoms with E-state index < -0.39 is 11.9 Å². The van der Waals surface area contributed by atoms with Crippen molar-refractivity contribution in [1.82, 2.24) is 0 Å². The summed E-state index contributed by atoms with van der Waals surface area (Å²) >= 11 is 0. The van der Waals surface area contributed by atoms with Gasteiger partial charge in [0.25, 0.3) is 0 Å². The van der Waals surface area contributed by atoms with Crippen molar-refractivity contribution in [3.63, 3.8) is 0 Å². The summed E-state index contributed by atoms with van der Waals surface area (Å²) in [5, 5.41) is 0. The Bertz CT molecular complexity index is 693. The van der Waals surface area contributed by atoms with E-state index in [0.29, 0.717) is 28.9 Å². The van der Waals surface area contributed by atoms with E-state index in [-0.39, 0.29) is 0 Å². The zero-order chi connectivity index (χ0) is 17.0. The number of anilines is 2. The van der Waals surface area contributed by atoms with Crippen LogP contribution >= 0.6 is 0 Å². The van der Waals surface area contributed by atoms with Gasteiger partial charge in [-0.15, -0.1) is 0 Å². The Labute approximate surface area is 134 Å². The maximum absolute atomic E-state index is 11.7. The van der Waals surface area contributed by atoms with Crippen molar-refractivity contribution in [2.45, 2.75) is 6.42 Å². The minimum atomic E-state index is -0.499. The number of nitrogens with two attached hydrogens (primary N) is 2. The van der Waals surface area contributed by atoms with Crippen LogP contribution in [-0.2, 0) is 15.9 Å². The molecule has 2 aromatic rings. The second-order valence-corrected chi connectivity index (χ2v) is 4.92. The van der Waals surface area contributed by atoms with Crippen LogP contribution in [0.5, 0.6) is 0 Å². The predicted octanol–water partition coefficient (Wildman–Crippen LogP) is 2.02. The molecule has 0 aliphatic carbocycles. The average molecular weight is 314 g/mol. The van der Waals surface area contributed by atoms with Gasteiger partial charge in [-0.25, -0.2) is 9.59 Å². The molecule has 0 aliphatic rings. The van der Waals surface area contributed by atoms with Gasteiger partial charge in [0.15, 0.2) is 0 Å². The summed E-state index contributed by atoms with van der Waals surface area (Å²) in [6, 6.07) is 10.2. The Morgan fingerprint density at radius 3 is 1.57 bits per heavy atom. The normalized spacial score (nSPS) is 10.2. The molecule has 0 unspecified atom stereocenters. The summed E-state index contributed by atoms with van der Waals surface area (Å²) in [7, 11) is 2.60. The second kappa shape index (κ2) is 6.83. The van der Waals surface area contributed by atoms with Gasteiger partial charge >= 0.3 is 11.9 Å². The second-order valence-electron chi connectivity index (χ2n) is 4.92. The molecule has 0 fully saturated rings. The third-order valence-electron chi connectivity index (χ3n) is 3.58. The van der Waals surface area contributed by atoms with Gasteiger partial charge in [-0.1, -0.05) is 24.3 Å². The van der Waals surface area contributed by atoms with Crippen LogP contribution in [0, 0.1) is 0 Å². The predicted molar refractivity (Wildman–Crippen MR) is 87.2 cm³/mol. The third kappa shape index (κ3) is 3.26. The van der Waals surface area contributed by atoms with Gasteiger partial charge in [-0.05, 0) is 23.3 Å². The highest BCUT2D eigenvalue weighted by Crippen LogP contribution is 2.26. The molecule has 23 heavy (non-hydrogen) atoms. The lowest BCUT2D eigenvalue weighted by Gasteiger charge is -2.13. The number of esters is 2. The van der Waals surface area contributed by atoms with Gasteiger partial charge in [-0.2, -0.15) is 0 Å². The zero-order valence-electron chi connectivity index (χ0n) is 13.0. The van der Waals surface area contributed by atoms with Gasteiger partial charge in [0.2, 0.25) is 0 Å². The third-order valence-corrected chi connectivity index (χ3v) is 3.58. The minimum Gasteiger partial charge on any atom is -0.465 e. The summed E-state index contributed by atoms with van der Waals surface area (Å²) in [5.74, 6) is -0.999. The maximum atomic E-state index is 11.7. The number of nitrogen functional groups attached to an aromatic ring is 2. The Kier molecular flexibility index (Phi) is 4.85. The topological polar surface area (TPSA) is 105 Å². The van der Waals surface area contributed by atoms with Crippen molar-refractivity contribution in [2.75, 3.05) is 25.7 Å².